The Hall–Kier alpha value is -1.26. The van der Waals surface area contributed by atoms with Crippen LogP contribution in [-0.4, -0.2) is 35.5 Å². The van der Waals surface area contributed by atoms with Crippen molar-refractivity contribution < 1.29 is 9.90 Å². The van der Waals surface area contributed by atoms with Crippen LogP contribution in [0.15, 0.2) is 12.1 Å². The van der Waals surface area contributed by atoms with Crippen molar-refractivity contribution in [3.8, 4) is 5.75 Å². The van der Waals surface area contributed by atoms with Gasteiger partial charge in [0.1, 0.15) is 5.75 Å². The normalized spacial score (nSPS) is 22.7. The lowest BCUT2D eigenvalue weighted by molar-refractivity contribution is -0.128. The average molecular weight is 281 g/mol. The van der Waals surface area contributed by atoms with Crippen molar-refractivity contribution in [1.29, 1.82) is 0 Å². The Morgan fingerprint density at radius 2 is 2.26 bits per heavy atom. The Bertz CT molecular complexity index is 518. The molecule has 0 saturated carbocycles. The monoisotopic (exact) mass is 280 g/mol. The highest BCUT2D eigenvalue weighted by atomic mass is 35.5. The molecule has 2 aliphatic heterocycles. The van der Waals surface area contributed by atoms with Gasteiger partial charge in [0.15, 0.2) is 0 Å². The molecule has 2 heterocycles. The summed E-state index contributed by atoms with van der Waals surface area (Å²) in [5.74, 6) is 0.471. The van der Waals surface area contributed by atoms with Gasteiger partial charge in [0.25, 0.3) is 0 Å². The van der Waals surface area contributed by atoms with E-state index in [4.69, 9.17) is 11.6 Å². The van der Waals surface area contributed by atoms with Gasteiger partial charge in [-0.1, -0.05) is 11.6 Å². The van der Waals surface area contributed by atoms with Gasteiger partial charge < -0.3 is 15.3 Å². The number of fused-ring (bicyclic) bond motifs is 1. The van der Waals surface area contributed by atoms with Crippen LogP contribution in [0, 0.1) is 0 Å². The number of hydrogen-bond donors (Lipinski definition) is 2. The van der Waals surface area contributed by atoms with Crippen molar-refractivity contribution in [2.45, 2.75) is 25.3 Å². The quantitative estimate of drug-likeness (QED) is 0.869. The smallest absolute Gasteiger partial charge is 0.222 e. The molecule has 1 aromatic carbocycles. The maximum absolute atomic E-state index is 11.7. The molecule has 2 N–H and O–H groups in total. The molecular formula is C14H17ClN2O2. The van der Waals surface area contributed by atoms with Gasteiger partial charge in [-0.2, -0.15) is 0 Å². The molecule has 1 unspecified atom stereocenters. The molecule has 3 rings (SSSR count). The van der Waals surface area contributed by atoms with Crippen LogP contribution >= 0.6 is 11.6 Å². The summed E-state index contributed by atoms with van der Waals surface area (Å²) in [4.78, 5) is 13.6. The summed E-state index contributed by atoms with van der Waals surface area (Å²) in [5.41, 5.74) is 1.87. The van der Waals surface area contributed by atoms with Gasteiger partial charge in [-0.25, -0.2) is 0 Å². The second-order valence-electron chi connectivity index (χ2n) is 5.16. The zero-order chi connectivity index (χ0) is 13.4. The molecule has 0 aliphatic carbocycles. The maximum Gasteiger partial charge on any atom is 0.222 e. The number of carbonyl (C=O) groups excluding carboxylic acids is 1. The third kappa shape index (κ3) is 2.30. The minimum absolute atomic E-state index is 0.0236. The number of halogens is 1. The van der Waals surface area contributed by atoms with Gasteiger partial charge >= 0.3 is 0 Å². The predicted molar refractivity (Wildman–Crippen MR) is 73.4 cm³/mol. The topological polar surface area (TPSA) is 52.6 Å². The van der Waals surface area contributed by atoms with Crippen LogP contribution in [0.5, 0.6) is 5.75 Å². The summed E-state index contributed by atoms with van der Waals surface area (Å²) in [6.07, 6.45) is 2.38. The first-order chi connectivity index (χ1) is 9.16. The minimum Gasteiger partial charge on any atom is -0.508 e. The van der Waals surface area contributed by atoms with Crippen LogP contribution in [-0.2, 0) is 11.2 Å². The van der Waals surface area contributed by atoms with Crippen molar-refractivity contribution >= 4 is 17.5 Å². The Labute approximate surface area is 117 Å². The molecule has 0 aromatic heterocycles. The lowest BCUT2D eigenvalue weighted by Crippen LogP contribution is -2.39. The highest BCUT2D eigenvalue weighted by Crippen LogP contribution is 2.36. The first-order valence-corrected chi connectivity index (χ1v) is 7.06. The first kappa shape index (κ1) is 12.8. The molecule has 0 radical (unpaired) electrons. The number of hydrogen-bond acceptors (Lipinski definition) is 3. The Morgan fingerprint density at radius 1 is 1.42 bits per heavy atom. The largest absolute Gasteiger partial charge is 0.508 e. The number of phenolic OH excluding ortho intramolecular Hbond substituents is 1. The van der Waals surface area contributed by atoms with Gasteiger partial charge in [0.2, 0.25) is 5.91 Å². The van der Waals surface area contributed by atoms with E-state index in [0.29, 0.717) is 18.0 Å². The number of nitrogens with zero attached hydrogens (tertiary/aromatic N) is 1. The predicted octanol–water partition coefficient (Wildman–Crippen LogP) is 1.85. The summed E-state index contributed by atoms with van der Waals surface area (Å²) in [5, 5.41) is 14.2. The van der Waals surface area contributed by atoms with Gasteiger partial charge in [-0.3, -0.25) is 4.79 Å². The van der Waals surface area contributed by atoms with Gasteiger partial charge in [0, 0.05) is 30.1 Å². The van der Waals surface area contributed by atoms with E-state index in [2.05, 4.69) is 5.32 Å². The maximum atomic E-state index is 11.7. The second kappa shape index (κ2) is 5.02. The summed E-state index contributed by atoms with van der Waals surface area (Å²) in [6, 6.07) is 3.34. The van der Waals surface area contributed by atoms with E-state index >= 15 is 0 Å². The summed E-state index contributed by atoms with van der Waals surface area (Å²) >= 11 is 6.21. The molecular weight excluding hydrogens is 264 g/mol. The van der Waals surface area contributed by atoms with E-state index in [1.54, 1.807) is 12.1 Å². The van der Waals surface area contributed by atoms with Crippen LogP contribution in [0.1, 0.15) is 30.0 Å². The van der Waals surface area contributed by atoms with Crippen LogP contribution < -0.4 is 5.32 Å². The van der Waals surface area contributed by atoms with Crippen molar-refractivity contribution in [1.82, 2.24) is 10.2 Å². The first-order valence-electron chi connectivity index (χ1n) is 6.68. The highest BCUT2D eigenvalue weighted by Gasteiger charge is 2.29. The van der Waals surface area contributed by atoms with Crippen molar-refractivity contribution in [3.63, 3.8) is 0 Å². The number of phenols is 1. The average Bonchev–Trinajstić information content (AvgIpc) is 2.80. The van der Waals surface area contributed by atoms with Crippen LogP contribution in [0.2, 0.25) is 5.02 Å². The van der Waals surface area contributed by atoms with Crippen molar-refractivity contribution in [3.05, 3.63) is 28.3 Å². The van der Waals surface area contributed by atoms with Crippen LogP contribution in [0.4, 0.5) is 0 Å². The van der Waals surface area contributed by atoms with Gasteiger partial charge in [-0.15, -0.1) is 0 Å². The number of nitrogens with one attached hydrogen (secondary N) is 1. The fourth-order valence-electron chi connectivity index (χ4n) is 3.02. The number of rotatable bonds is 2. The Kier molecular flexibility index (Phi) is 3.37. The Morgan fingerprint density at radius 3 is 3.00 bits per heavy atom. The molecule has 1 atom stereocenters. The van der Waals surface area contributed by atoms with Crippen LogP contribution in [0.3, 0.4) is 0 Å². The molecule has 1 fully saturated rings. The lowest BCUT2D eigenvalue weighted by Gasteiger charge is -2.31. The fourth-order valence-corrected chi connectivity index (χ4v) is 3.27. The van der Waals surface area contributed by atoms with E-state index in [1.807, 2.05) is 4.90 Å². The van der Waals surface area contributed by atoms with E-state index in [0.717, 1.165) is 37.1 Å². The standard InChI is InChI=1S/C14H17ClN2O2/c15-10-3-4-12(18)14-9(10)5-6-16-11(14)8-17-7-1-2-13(17)19/h3-4,11,16,18H,1-2,5-8H2. The number of benzene rings is 1. The molecule has 1 aromatic rings. The SMILES string of the molecule is O=C1CCCN1CC1NCCc2c(Cl)ccc(O)c21. The van der Waals surface area contributed by atoms with E-state index < -0.39 is 0 Å². The number of amides is 1. The van der Waals surface area contributed by atoms with Crippen LogP contribution in [0.25, 0.3) is 0 Å². The summed E-state index contributed by atoms with van der Waals surface area (Å²) in [6.45, 7) is 2.25. The second-order valence-corrected chi connectivity index (χ2v) is 5.57. The molecule has 5 heteroatoms. The third-order valence-electron chi connectivity index (χ3n) is 3.97. The molecule has 2 aliphatic rings. The highest BCUT2D eigenvalue weighted by molar-refractivity contribution is 6.31. The molecule has 4 nitrogen and oxygen atoms in total. The molecule has 1 saturated heterocycles. The summed E-state index contributed by atoms with van der Waals surface area (Å²) < 4.78 is 0. The zero-order valence-electron chi connectivity index (χ0n) is 10.7. The number of carbonyl (C=O) groups is 1. The molecule has 0 bridgehead atoms. The van der Waals surface area contributed by atoms with E-state index in [1.165, 1.54) is 0 Å². The van der Waals surface area contributed by atoms with E-state index in [-0.39, 0.29) is 17.7 Å². The third-order valence-corrected chi connectivity index (χ3v) is 4.32. The number of likely N-dealkylation sites (tertiary alicyclic amines) is 1. The van der Waals surface area contributed by atoms with Gasteiger partial charge in [-0.05, 0) is 37.1 Å². The van der Waals surface area contributed by atoms with Crippen molar-refractivity contribution in [2.24, 2.45) is 0 Å². The Balaban J connectivity index is 1.89. The molecule has 1 amide bonds. The zero-order valence-corrected chi connectivity index (χ0v) is 11.4. The fraction of sp³-hybridized carbons (Fsp3) is 0.500. The van der Waals surface area contributed by atoms with Gasteiger partial charge in [0.05, 0.1) is 6.04 Å². The number of aromatic hydroxyl groups is 1. The molecule has 19 heavy (non-hydrogen) atoms. The summed E-state index contributed by atoms with van der Waals surface area (Å²) in [7, 11) is 0. The van der Waals surface area contributed by atoms with E-state index in [9.17, 15) is 9.90 Å². The minimum atomic E-state index is -0.0236. The molecule has 0 spiro atoms. The van der Waals surface area contributed by atoms with Crippen molar-refractivity contribution in [2.75, 3.05) is 19.6 Å². The lowest BCUT2D eigenvalue weighted by atomic mass is 9.93. The molecule has 102 valence electrons.